The lowest BCUT2D eigenvalue weighted by Crippen LogP contribution is -2.51. The zero-order chi connectivity index (χ0) is 21.3. The number of hydrogen-bond acceptors (Lipinski definition) is 5. The van der Waals surface area contributed by atoms with Gasteiger partial charge in [-0.25, -0.2) is 4.99 Å². The number of aliphatic imine (C=N–C) groups is 1. The number of nitrogens with two attached hydrogens (primary N) is 1. The maximum Gasteiger partial charge on any atom is 0.242 e. The van der Waals surface area contributed by atoms with Gasteiger partial charge in [0.25, 0.3) is 0 Å². The number of carbonyl (C=O) groups excluding carboxylic acids is 1. The van der Waals surface area contributed by atoms with Crippen LogP contribution in [0.2, 0.25) is 0 Å². The molecule has 0 spiro atoms. The number of hydrogen-bond donors (Lipinski definition) is 2. The number of amides is 1. The molecule has 1 aliphatic rings. The molecule has 0 bridgehead atoms. The first-order chi connectivity index (χ1) is 14.6. The summed E-state index contributed by atoms with van der Waals surface area (Å²) in [5.74, 6) is 1.56. The SMILES string of the molecule is COc1ccc(CN=C(N)NCC(=O)N2CCN(c3ccccc3)CC2)cc1OC. The molecule has 1 heterocycles. The number of rotatable bonds is 7. The summed E-state index contributed by atoms with van der Waals surface area (Å²) >= 11 is 0. The lowest BCUT2D eigenvalue weighted by Gasteiger charge is -2.36. The van der Waals surface area contributed by atoms with Gasteiger partial charge in [-0.1, -0.05) is 24.3 Å². The quantitative estimate of drug-likeness (QED) is 0.529. The number of piperazine rings is 1. The molecule has 0 radical (unpaired) electrons. The zero-order valence-corrected chi connectivity index (χ0v) is 17.5. The van der Waals surface area contributed by atoms with E-state index >= 15 is 0 Å². The molecule has 3 N–H and O–H groups in total. The predicted octanol–water partition coefficient (Wildman–Crippen LogP) is 1.46. The summed E-state index contributed by atoms with van der Waals surface area (Å²) in [4.78, 5) is 20.9. The maximum atomic E-state index is 12.5. The van der Waals surface area contributed by atoms with E-state index in [1.165, 1.54) is 5.69 Å². The second kappa shape index (κ2) is 10.4. The first-order valence-corrected chi connectivity index (χ1v) is 9.93. The van der Waals surface area contributed by atoms with Gasteiger partial charge in [0, 0.05) is 31.9 Å². The molecule has 2 aromatic rings. The molecule has 1 aliphatic heterocycles. The van der Waals surface area contributed by atoms with Crippen molar-refractivity contribution in [3.05, 3.63) is 54.1 Å². The number of ether oxygens (including phenoxy) is 2. The number of nitrogens with zero attached hydrogens (tertiary/aromatic N) is 3. The van der Waals surface area contributed by atoms with E-state index in [0.717, 1.165) is 18.7 Å². The van der Waals surface area contributed by atoms with Gasteiger partial charge < -0.3 is 30.3 Å². The van der Waals surface area contributed by atoms with Crippen molar-refractivity contribution in [2.24, 2.45) is 10.7 Å². The van der Waals surface area contributed by atoms with Crippen LogP contribution in [0.1, 0.15) is 5.56 Å². The Morgan fingerprint density at radius 1 is 1.03 bits per heavy atom. The second-order valence-corrected chi connectivity index (χ2v) is 6.95. The minimum absolute atomic E-state index is 0.0204. The van der Waals surface area contributed by atoms with E-state index in [2.05, 4.69) is 27.3 Å². The van der Waals surface area contributed by atoms with Gasteiger partial charge in [-0.05, 0) is 29.8 Å². The molecule has 1 saturated heterocycles. The molecule has 8 heteroatoms. The molecule has 0 unspecified atom stereocenters. The first-order valence-electron chi connectivity index (χ1n) is 9.93. The van der Waals surface area contributed by atoms with Crippen molar-refractivity contribution < 1.29 is 14.3 Å². The van der Waals surface area contributed by atoms with E-state index in [4.69, 9.17) is 15.2 Å². The Morgan fingerprint density at radius 2 is 1.73 bits per heavy atom. The van der Waals surface area contributed by atoms with E-state index in [9.17, 15) is 4.79 Å². The fraction of sp³-hybridized carbons (Fsp3) is 0.364. The smallest absolute Gasteiger partial charge is 0.242 e. The van der Waals surface area contributed by atoms with Crippen molar-refractivity contribution in [1.29, 1.82) is 0 Å². The third-order valence-electron chi connectivity index (χ3n) is 5.05. The van der Waals surface area contributed by atoms with Crippen LogP contribution >= 0.6 is 0 Å². The van der Waals surface area contributed by atoms with Crippen LogP contribution in [0.25, 0.3) is 0 Å². The van der Waals surface area contributed by atoms with E-state index in [1.54, 1.807) is 14.2 Å². The number of carbonyl (C=O) groups is 1. The number of benzene rings is 2. The average molecular weight is 412 g/mol. The Balaban J connectivity index is 1.44. The second-order valence-electron chi connectivity index (χ2n) is 6.95. The van der Waals surface area contributed by atoms with E-state index in [1.807, 2.05) is 41.3 Å². The summed E-state index contributed by atoms with van der Waals surface area (Å²) in [6.07, 6.45) is 0. The molecule has 160 valence electrons. The molecule has 8 nitrogen and oxygen atoms in total. The lowest BCUT2D eigenvalue weighted by molar-refractivity contribution is -0.130. The number of methoxy groups -OCH3 is 2. The van der Waals surface area contributed by atoms with E-state index in [-0.39, 0.29) is 18.4 Å². The molecule has 0 saturated carbocycles. The Morgan fingerprint density at radius 3 is 2.40 bits per heavy atom. The van der Waals surface area contributed by atoms with Crippen LogP contribution in [0.4, 0.5) is 5.69 Å². The van der Waals surface area contributed by atoms with Gasteiger partial charge in [-0.2, -0.15) is 0 Å². The maximum absolute atomic E-state index is 12.5. The minimum Gasteiger partial charge on any atom is -0.493 e. The summed E-state index contributed by atoms with van der Waals surface area (Å²) in [6.45, 7) is 3.53. The highest BCUT2D eigenvalue weighted by Crippen LogP contribution is 2.27. The minimum atomic E-state index is 0.0204. The van der Waals surface area contributed by atoms with Crippen molar-refractivity contribution in [1.82, 2.24) is 10.2 Å². The summed E-state index contributed by atoms with van der Waals surface area (Å²) in [5.41, 5.74) is 8.05. The normalized spacial score (nSPS) is 14.4. The lowest BCUT2D eigenvalue weighted by atomic mass is 10.2. The van der Waals surface area contributed by atoms with Crippen molar-refractivity contribution in [3.63, 3.8) is 0 Å². The Labute approximate surface area is 177 Å². The summed E-state index contributed by atoms with van der Waals surface area (Å²) in [5, 5.41) is 2.91. The van der Waals surface area contributed by atoms with Gasteiger partial charge in [-0.3, -0.25) is 4.79 Å². The van der Waals surface area contributed by atoms with E-state index < -0.39 is 0 Å². The molecule has 1 amide bonds. The molecule has 30 heavy (non-hydrogen) atoms. The number of guanidine groups is 1. The fourth-order valence-corrected chi connectivity index (χ4v) is 3.34. The van der Waals surface area contributed by atoms with Crippen molar-refractivity contribution in [2.45, 2.75) is 6.54 Å². The summed E-state index contributed by atoms with van der Waals surface area (Å²) in [6, 6.07) is 15.8. The van der Waals surface area contributed by atoms with Crippen molar-refractivity contribution in [2.75, 3.05) is 51.8 Å². The monoisotopic (exact) mass is 411 g/mol. The Kier molecular flexibility index (Phi) is 7.37. The van der Waals surface area contributed by atoms with Crippen LogP contribution in [0.3, 0.4) is 0 Å². The van der Waals surface area contributed by atoms with E-state index in [0.29, 0.717) is 31.1 Å². The van der Waals surface area contributed by atoms with Crippen LogP contribution in [-0.2, 0) is 11.3 Å². The molecular weight excluding hydrogens is 382 g/mol. The van der Waals surface area contributed by atoms with Crippen LogP contribution in [0.5, 0.6) is 11.5 Å². The molecule has 3 rings (SSSR count). The number of anilines is 1. The fourth-order valence-electron chi connectivity index (χ4n) is 3.34. The van der Waals surface area contributed by atoms with Gasteiger partial charge in [0.05, 0.1) is 27.3 Å². The third-order valence-corrected chi connectivity index (χ3v) is 5.05. The standard InChI is InChI=1S/C22H29N5O3/c1-29-19-9-8-17(14-20(19)30-2)15-24-22(23)25-16-21(28)27-12-10-26(11-13-27)18-6-4-3-5-7-18/h3-9,14H,10-13,15-16H2,1-2H3,(H3,23,24,25). The molecule has 0 aliphatic carbocycles. The highest BCUT2D eigenvalue weighted by atomic mass is 16.5. The highest BCUT2D eigenvalue weighted by molar-refractivity contribution is 5.85. The summed E-state index contributed by atoms with van der Waals surface area (Å²) < 4.78 is 10.5. The van der Waals surface area contributed by atoms with Gasteiger partial charge >= 0.3 is 0 Å². The largest absolute Gasteiger partial charge is 0.493 e. The highest BCUT2D eigenvalue weighted by Gasteiger charge is 2.21. The Hall–Kier alpha value is -3.42. The van der Waals surface area contributed by atoms with Gasteiger partial charge in [0.1, 0.15) is 0 Å². The first kappa shape index (κ1) is 21.3. The van der Waals surface area contributed by atoms with Gasteiger partial charge in [0.15, 0.2) is 17.5 Å². The third kappa shape index (κ3) is 5.56. The molecule has 2 aromatic carbocycles. The molecule has 1 fully saturated rings. The van der Waals surface area contributed by atoms with Crippen molar-refractivity contribution >= 4 is 17.6 Å². The van der Waals surface area contributed by atoms with Crippen LogP contribution in [0.15, 0.2) is 53.5 Å². The van der Waals surface area contributed by atoms with Gasteiger partial charge in [-0.15, -0.1) is 0 Å². The number of para-hydroxylation sites is 1. The molecule has 0 aromatic heterocycles. The van der Waals surface area contributed by atoms with Crippen LogP contribution in [-0.4, -0.2) is 63.7 Å². The predicted molar refractivity (Wildman–Crippen MR) is 118 cm³/mol. The molecule has 0 atom stereocenters. The molecular formula is C22H29N5O3. The zero-order valence-electron chi connectivity index (χ0n) is 17.5. The van der Waals surface area contributed by atoms with Crippen LogP contribution in [0, 0.1) is 0 Å². The Bertz CT molecular complexity index is 864. The number of nitrogens with one attached hydrogen (secondary N) is 1. The van der Waals surface area contributed by atoms with Crippen LogP contribution < -0.4 is 25.4 Å². The van der Waals surface area contributed by atoms with Crippen molar-refractivity contribution in [3.8, 4) is 11.5 Å². The topological polar surface area (TPSA) is 92.4 Å². The summed E-state index contributed by atoms with van der Waals surface area (Å²) in [7, 11) is 3.18. The van der Waals surface area contributed by atoms with Gasteiger partial charge in [0.2, 0.25) is 5.91 Å². The average Bonchev–Trinajstić information content (AvgIpc) is 2.81.